The number of amides is 1. The normalized spacial score (nSPS) is 11.4. The van der Waals surface area contributed by atoms with Crippen molar-refractivity contribution in [2.75, 3.05) is 37.3 Å². The summed E-state index contributed by atoms with van der Waals surface area (Å²) in [4.78, 5) is 12.8. The van der Waals surface area contributed by atoms with Gasteiger partial charge in [0.15, 0.2) is 5.75 Å². The molecule has 0 aliphatic heterocycles. The van der Waals surface area contributed by atoms with Gasteiger partial charge in [-0.15, -0.1) is 0 Å². The number of hydrogen-bond acceptors (Lipinski definition) is 6. The number of carbonyl (C=O) groups is 1. The van der Waals surface area contributed by atoms with E-state index in [1.54, 1.807) is 61.7 Å². The highest BCUT2D eigenvalue weighted by molar-refractivity contribution is 7.92. The topological polar surface area (TPSA) is 94.7 Å². The lowest BCUT2D eigenvalue weighted by molar-refractivity contribution is 0.0955. The van der Waals surface area contributed by atoms with Crippen LogP contribution in [0.25, 0.3) is 11.1 Å². The molecule has 202 valence electrons. The first kappa shape index (κ1) is 28.4. The second-order valence-electron chi connectivity index (χ2n) is 8.39. The van der Waals surface area contributed by atoms with Crippen molar-refractivity contribution in [3.8, 4) is 22.6 Å². The highest BCUT2D eigenvalue weighted by Gasteiger charge is 2.20. The Labute approximate surface area is 240 Å². The summed E-state index contributed by atoms with van der Waals surface area (Å²) in [5, 5.41) is 7.16. The van der Waals surface area contributed by atoms with Crippen LogP contribution >= 0.6 is 23.2 Å². The molecule has 0 heterocycles. The van der Waals surface area contributed by atoms with Crippen molar-refractivity contribution < 1.29 is 18.8 Å². The van der Waals surface area contributed by atoms with E-state index in [2.05, 4.69) is 15.4 Å². The van der Waals surface area contributed by atoms with Crippen LogP contribution in [0.5, 0.6) is 11.5 Å². The van der Waals surface area contributed by atoms with Crippen LogP contribution in [0.1, 0.15) is 10.4 Å². The van der Waals surface area contributed by atoms with Gasteiger partial charge < -0.3 is 24.7 Å². The molecule has 0 radical (unpaired) electrons. The average molecular weight is 585 g/mol. The third-order valence-corrected chi connectivity index (χ3v) is 7.28. The Morgan fingerprint density at radius 2 is 1.56 bits per heavy atom. The van der Waals surface area contributed by atoms with E-state index in [-0.39, 0.29) is 5.91 Å². The quantitative estimate of drug-likeness (QED) is 0.135. The number of methoxy groups -OCH3 is 2. The number of anilines is 2. The summed E-state index contributed by atoms with van der Waals surface area (Å²) in [5.41, 5.74) is 3.59. The van der Waals surface area contributed by atoms with Gasteiger partial charge in [-0.1, -0.05) is 41.4 Å². The summed E-state index contributed by atoms with van der Waals surface area (Å²) in [6, 6.07) is 25.0. The maximum absolute atomic E-state index is 13.3. The minimum atomic E-state index is -1.62. The first-order valence-corrected chi connectivity index (χ1v) is 13.9. The summed E-state index contributed by atoms with van der Waals surface area (Å²) < 4.78 is 27.0. The van der Waals surface area contributed by atoms with Crippen LogP contribution in [0.4, 0.5) is 11.4 Å². The van der Waals surface area contributed by atoms with Gasteiger partial charge in [0, 0.05) is 40.5 Å². The average Bonchev–Trinajstić information content (AvgIpc) is 2.94. The van der Waals surface area contributed by atoms with Gasteiger partial charge in [0.05, 0.1) is 19.9 Å². The molecule has 0 aliphatic carbocycles. The van der Waals surface area contributed by atoms with Gasteiger partial charge in [0.2, 0.25) is 4.90 Å². The van der Waals surface area contributed by atoms with Crippen LogP contribution in [-0.4, -0.2) is 37.8 Å². The summed E-state index contributed by atoms with van der Waals surface area (Å²) >= 11 is 10.7. The van der Waals surface area contributed by atoms with E-state index in [4.69, 9.17) is 32.7 Å². The molecule has 0 fully saturated rings. The molecule has 1 atom stereocenters. The zero-order valence-corrected chi connectivity index (χ0v) is 23.6. The molecule has 1 amide bonds. The molecule has 4 aromatic rings. The van der Waals surface area contributed by atoms with Gasteiger partial charge in [-0.25, -0.2) is 4.72 Å². The Kier molecular flexibility index (Phi) is 9.84. The van der Waals surface area contributed by atoms with Crippen molar-refractivity contribution in [2.45, 2.75) is 4.90 Å². The van der Waals surface area contributed by atoms with Crippen molar-refractivity contribution in [1.29, 1.82) is 0 Å². The third kappa shape index (κ3) is 7.74. The fourth-order valence-electron chi connectivity index (χ4n) is 3.83. The Morgan fingerprint density at radius 3 is 2.31 bits per heavy atom. The van der Waals surface area contributed by atoms with Crippen LogP contribution < -0.4 is 24.8 Å². The molecule has 0 saturated heterocycles. The predicted octanol–water partition coefficient (Wildman–Crippen LogP) is 6.65. The molecule has 0 aromatic heterocycles. The first-order valence-electron chi connectivity index (χ1n) is 12.0. The molecule has 4 rings (SSSR count). The van der Waals surface area contributed by atoms with Crippen LogP contribution in [0.2, 0.25) is 10.0 Å². The summed E-state index contributed by atoms with van der Waals surface area (Å²) in [7, 11) is 3.09. The van der Waals surface area contributed by atoms with Crippen LogP contribution in [-0.2, 0) is 11.4 Å². The third-order valence-electron chi connectivity index (χ3n) is 5.70. The van der Waals surface area contributed by atoms with Crippen molar-refractivity contribution in [3.63, 3.8) is 0 Å². The lowest BCUT2D eigenvalue weighted by Crippen LogP contribution is -2.28. The smallest absolute Gasteiger partial charge is 0.251 e. The molecule has 0 aliphatic rings. The highest BCUT2D eigenvalue weighted by Crippen LogP contribution is 2.33. The minimum Gasteiger partial charge on any atom is -0.588 e. The van der Waals surface area contributed by atoms with Crippen molar-refractivity contribution in [3.05, 3.63) is 101 Å². The van der Waals surface area contributed by atoms with Gasteiger partial charge >= 0.3 is 0 Å². The Hall–Kier alpha value is -3.56. The second-order valence-corrected chi connectivity index (χ2v) is 10.4. The SMILES string of the molecule is COc1cccc(C(=O)NCCNc2cccc(N[S+]([O-])c3cc(-c4cc(Cl)cc(Cl)c4)ccc3OC)c2)c1. The number of hydrogen-bond donors (Lipinski definition) is 3. The molecule has 0 saturated carbocycles. The Balaban J connectivity index is 1.38. The Morgan fingerprint density at radius 1 is 0.821 bits per heavy atom. The summed E-state index contributed by atoms with van der Waals surface area (Å²) in [6.45, 7) is 0.914. The van der Waals surface area contributed by atoms with Crippen molar-refractivity contribution in [1.82, 2.24) is 5.32 Å². The second kappa shape index (κ2) is 13.5. The molecule has 7 nitrogen and oxygen atoms in total. The number of benzene rings is 4. The largest absolute Gasteiger partial charge is 0.588 e. The van der Waals surface area contributed by atoms with Crippen molar-refractivity contribution >= 4 is 51.8 Å². The lowest BCUT2D eigenvalue weighted by atomic mass is 10.1. The highest BCUT2D eigenvalue weighted by atomic mass is 35.5. The van der Waals surface area contributed by atoms with E-state index in [9.17, 15) is 9.35 Å². The van der Waals surface area contributed by atoms with Crippen LogP contribution in [0.15, 0.2) is 89.8 Å². The molecule has 0 bridgehead atoms. The standard InChI is InChI=1S/C29H27Cl2N3O4S/c1-37-26-8-3-5-20(15-26)29(35)33-12-11-32-24-6-4-7-25(18-24)34-39(36)28-16-19(9-10-27(28)38-2)21-13-22(30)17-23(31)14-21/h3-10,13-18,32,34H,11-12H2,1-2H3,(H,33,35). The number of carbonyl (C=O) groups excluding carboxylic acids is 1. The summed E-state index contributed by atoms with van der Waals surface area (Å²) in [6.07, 6.45) is 0. The minimum absolute atomic E-state index is 0.183. The van der Waals surface area contributed by atoms with E-state index in [0.717, 1.165) is 16.8 Å². The molecule has 1 unspecified atom stereocenters. The lowest BCUT2D eigenvalue weighted by Gasteiger charge is -2.16. The molecule has 39 heavy (non-hydrogen) atoms. The van der Waals surface area contributed by atoms with Gasteiger partial charge in [0.1, 0.15) is 17.1 Å². The van der Waals surface area contributed by atoms with E-state index in [1.165, 1.54) is 7.11 Å². The number of halogens is 2. The molecular weight excluding hydrogens is 557 g/mol. The molecule has 10 heteroatoms. The Bertz CT molecular complexity index is 1430. The maximum atomic E-state index is 13.3. The molecule has 0 spiro atoms. The maximum Gasteiger partial charge on any atom is 0.251 e. The number of rotatable bonds is 11. The van der Waals surface area contributed by atoms with Crippen LogP contribution in [0.3, 0.4) is 0 Å². The van der Waals surface area contributed by atoms with E-state index < -0.39 is 11.4 Å². The number of ether oxygens (including phenoxy) is 2. The van der Waals surface area contributed by atoms with Gasteiger partial charge in [-0.3, -0.25) is 4.79 Å². The van der Waals surface area contributed by atoms with Gasteiger partial charge in [-0.05, 0) is 71.8 Å². The molecule has 3 N–H and O–H groups in total. The van der Waals surface area contributed by atoms with E-state index >= 15 is 0 Å². The fourth-order valence-corrected chi connectivity index (χ4v) is 5.37. The zero-order chi connectivity index (χ0) is 27.8. The van der Waals surface area contributed by atoms with E-state index in [0.29, 0.717) is 50.8 Å². The predicted molar refractivity (Wildman–Crippen MR) is 159 cm³/mol. The molecule has 4 aromatic carbocycles. The van der Waals surface area contributed by atoms with Crippen LogP contribution in [0, 0.1) is 0 Å². The van der Waals surface area contributed by atoms with Crippen molar-refractivity contribution in [2.24, 2.45) is 0 Å². The fraction of sp³-hybridized carbons (Fsp3) is 0.138. The summed E-state index contributed by atoms with van der Waals surface area (Å²) in [5.74, 6) is 0.928. The van der Waals surface area contributed by atoms with Gasteiger partial charge in [-0.2, -0.15) is 0 Å². The molecular formula is C29H27Cl2N3O4S. The monoisotopic (exact) mass is 583 g/mol. The first-order chi connectivity index (χ1) is 18.9. The number of nitrogens with one attached hydrogen (secondary N) is 3. The zero-order valence-electron chi connectivity index (χ0n) is 21.3. The van der Waals surface area contributed by atoms with Gasteiger partial charge in [0.25, 0.3) is 5.91 Å². The van der Waals surface area contributed by atoms with E-state index in [1.807, 2.05) is 30.3 Å².